The lowest BCUT2D eigenvalue weighted by molar-refractivity contribution is -0.137. The van der Waals surface area contributed by atoms with Crippen LogP contribution in [0.25, 0.3) is 0 Å². The average Bonchev–Trinajstić information content (AvgIpc) is 2.57. The number of ether oxygens (including phenoxy) is 1. The second-order valence-corrected chi connectivity index (χ2v) is 5.99. The van der Waals surface area contributed by atoms with Crippen LogP contribution >= 0.6 is 22.6 Å². The van der Waals surface area contributed by atoms with Crippen LogP contribution in [0.1, 0.15) is 21.5 Å². The van der Waals surface area contributed by atoms with Gasteiger partial charge in [-0.3, -0.25) is 4.79 Å². The summed E-state index contributed by atoms with van der Waals surface area (Å²) in [6.07, 6.45) is -3.24. The Labute approximate surface area is 154 Å². The van der Waals surface area contributed by atoms with Gasteiger partial charge in [0.1, 0.15) is 0 Å². The van der Waals surface area contributed by atoms with E-state index in [1.54, 1.807) is 6.07 Å². The summed E-state index contributed by atoms with van der Waals surface area (Å²) < 4.78 is 43.5. The lowest BCUT2D eigenvalue weighted by Gasteiger charge is -2.08. The molecule has 9 heteroatoms. The molecule has 1 amide bonds. The highest BCUT2D eigenvalue weighted by atomic mass is 127. The maximum Gasteiger partial charge on any atom is 0.416 e. The molecule has 0 aliphatic carbocycles. The van der Waals surface area contributed by atoms with Crippen LogP contribution in [-0.2, 0) is 6.18 Å². The van der Waals surface area contributed by atoms with E-state index in [4.69, 9.17) is 4.74 Å². The number of nitrogens with zero attached hydrogens (tertiary/aromatic N) is 1. The zero-order valence-corrected chi connectivity index (χ0v) is 14.9. The summed E-state index contributed by atoms with van der Waals surface area (Å²) in [6, 6.07) is 7.12. The molecule has 0 atom stereocenters. The number of carbonyl (C=O) groups excluding carboxylic acids is 1. The highest BCUT2D eigenvalue weighted by molar-refractivity contribution is 14.1. The van der Waals surface area contributed by atoms with Crippen LogP contribution in [0.2, 0.25) is 0 Å². The fourth-order valence-electron chi connectivity index (χ4n) is 1.89. The van der Waals surface area contributed by atoms with Crippen molar-refractivity contribution in [2.45, 2.75) is 6.18 Å². The van der Waals surface area contributed by atoms with Crippen LogP contribution in [0.5, 0.6) is 11.5 Å². The van der Waals surface area contributed by atoms with Crippen molar-refractivity contribution < 1.29 is 27.8 Å². The summed E-state index contributed by atoms with van der Waals surface area (Å²) in [6.45, 7) is 0. The number of aromatic hydroxyl groups is 1. The number of amides is 1. The maximum absolute atomic E-state index is 12.7. The first-order valence-corrected chi connectivity index (χ1v) is 7.87. The molecule has 5 nitrogen and oxygen atoms in total. The van der Waals surface area contributed by atoms with Gasteiger partial charge in [-0.25, -0.2) is 5.43 Å². The van der Waals surface area contributed by atoms with Gasteiger partial charge in [0.15, 0.2) is 11.5 Å². The predicted molar refractivity (Wildman–Crippen MR) is 93.9 cm³/mol. The highest BCUT2D eigenvalue weighted by Crippen LogP contribution is 2.32. The van der Waals surface area contributed by atoms with E-state index in [0.29, 0.717) is 9.13 Å². The molecule has 2 N–H and O–H groups in total. The zero-order valence-electron chi connectivity index (χ0n) is 12.8. The Hall–Kier alpha value is -2.30. The molecule has 2 aromatic rings. The van der Waals surface area contributed by atoms with Gasteiger partial charge in [0, 0.05) is 5.56 Å². The normalized spacial score (nSPS) is 11.6. The number of methoxy groups -OCH3 is 1. The van der Waals surface area contributed by atoms with E-state index >= 15 is 0 Å². The van der Waals surface area contributed by atoms with Crippen LogP contribution in [0.15, 0.2) is 41.5 Å². The molecule has 2 rings (SSSR count). The summed E-state index contributed by atoms with van der Waals surface area (Å²) in [4.78, 5) is 11.9. The Morgan fingerprint density at radius 3 is 2.68 bits per heavy atom. The molecule has 0 aliphatic rings. The van der Waals surface area contributed by atoms with Crippen molar-refractivity contribution in [3.63, 3.8) is 0 Å². The number of hydrogen-bond donors (Lipinski definition) is 2. The van der Waals surface area contributed by atoms with E-state index in [0.717, 1.165) is 18.2 Å². The smallest absolute Gasteiger partial charge is 0.416 e. The van der Waals surface area contributed by atoms with Crippen molar-refractivity contribution >= 4 is 34.7 Å². The van der Waals surface area contributed by atoms with Gasteiger partial charge >= 0.3 is 6.18 Å². The monoisotopic (exact) mass is 464 g/mol. The van der Waals surface area contributed by atoms with Gasteiger partial charge in [0.25, 0.3) is 5.91 Å². The van der Waals surface area contributed by atoms with Crippen LogP contribution in [-0.4, -0.2) is 24.3 Å². The van der Waals surface area contributed by atoms with Crippen molar-refractivity contribution in [2.24, 2.45) is 5.10 Å². The molecule has 0 unspecified atom stereocenters. The quantitative estimate of drug-likeness (QED) is 0.411. The van der Waals surface area contributed by atoms with Gasteiger partial charge in [0.2, 0.25) is 0 Å². The van der Waals surface area contributed by atoms with E-state index in [2.05, 4.69) is 10.5 Å². The molecule has 0 bridgehead atoms. The molecule has 132 valence electrons. The standard InChI is InChI=1S/C16H12F3IN2O3/c1-25-13-6-9(5-12(20)14(13)23)8-21-22-15(24)10-3-2-4-11(7-10)16(17,18)19/h2-8,23H,1H3,(H,22,24)/b21-8-. The Balaban J connectivity index is 2.12. The predicted octanol–water partition coefficient (Wildman–Crippen LogP) is 3.79. The summed E-state index contributed by atoms with van der Waals surface area (Å²) in [5.41, 5.74) is 1.61. The van der Waals surface area contributed by atoms with Crippen LogP contribution < -0.4 is 10.2 Å². The van der Waals surface area contributed by atoms with Gasteiger partial charge in [-0.2, -0.15) is 18.3 Å². The van der Waals surface area contributed by atoms with E-state index in [1.165, 1.54) is 25.5 Å². The van der Waals surface area contributed by atoms with Crippen LogP contribution in [0.4, 0.5) is 13.2 Å². The van der Waals surface area contributed by atoms with Gasteiger partial charge in [-0.15, -0.1) is 0 Å². The van der Waals surface area contributed by atoms with Gasteiger partial charge in [0.05, 0.1) is 22.5 Å². The summed E-state index contributed by atoms with van der Waals surface area (Å²) in [7, 11) is 1.39. The van der Waals surface area contributed by atoms with Gasteiger partial charge < -0.3 is 9.84 Å². The third-order valence-electron chi connectivity index (χ3n) is 3.10. The molecule has 0 aliphatic heterocycles. The fraction of sp³-hybridized carbons (Fsp3) is 0.125. The van der Waals surface area contributed by atoms with Crippen LogP contribution in [0, 0.1) is 3.57 Å². The Morgan fingerprint density at radius 1 is 1.32 bits per heavy atom. The fourth-order valence-corrected chi connectivity index (χ4v) is 2.52. The minimum atomic E-state index is -4.53. The van der Waals surface area contributed by atoms with Crippen LogP contribution in [0.3, 0.4) is 0 Å². The summed E-state index contributed by atoms with van der Waals surface area (Å²) >= 11 is 1.90. The lowest BCUT2D eigenvalue weighted by atomic mass is 10.1. The third kappa shape index (κ3) is 4.84. The lowest BCUT2D eigenvalue weighted by Crippen LogP contribution is -2.18. The minimum Gasteiger partial charge on any atom is -0.504 e. The molecule has 0 saturated carbocycles. The second-order valence-electron chi connectivity index (χ2n) is 4.83. The molecule has 0 saturated heterocycles. The third-order valence-corrected chi connectivity index (χ3v) is 3.92. The molecular formula is C16H12F3IN2O3. The summed E-state index contributed by atoms with van der Waals surface area (Å²) in [5.74, 6) is -0.561. The first-order valence-electron chi connectivity index (χ1n) is 6.79. The minimum absolute atomic E-state index is 0.0201. The Morgan fingerprint density at radius 2 is 2.04 bits per heavy atom. The average molecular weight is 464 g/mol. The molecule has 0 heterocycles. The van der Waals surface area contributed by atoms with Crippen molar-refractivity contribution in [3.8, 4) is 11.5 Å². The number of hydrogen-bond acceptors (Lipinski definition) is 4. The van der Waals surface area contributed by atoms with Crippen molar-refractivity contribution in [1.82, 2.24) is 5.43 Å². The summed E-state index contributed by atoms with van der Waals surface area (Å²) in [5, 5.41) is 13.4. The molecule has 2 aromatic carbocycles. The molecule has 25 heavy (non-hydrogen) atoms. The molecule has 0 radical (unpaired) electrons. The number of halogens is 4. The number of phenols is 1. The van der Waals surface area contributed by atoms with Gasteiger partial charge in [-0.1, -0.05) is 6.07 Å². The number of benzene rings is 2. The number of phenolic OH excluding ortho intramolecular Hbond substituents is 1. The Bertz CT molecular complexity index is 823. The van der Waals surface area contributed by atoms with Crippen molar-refractivity contribution in [3.05, 3.63) is 56.7 Å². The number of carbonyl (C=O) groups is 1. The molecule has 0 spiro atoms. The van der Waals surface area contributed by atoms with Crippen molar-refractivity contribution in [1.29, 1.82) is 0 Å². The van der Waals surface area contributed by atoms with Crippen molar-refractivity contribution in [2.75, 3.05) is 7.11 Å². The largest absolute Gasteiger partial charge is 0.504 e. The zero-order chi connectivity index (χ0) is 18.6. The van der Waals surface area contributed by atoms with E-state index < -0.39 is 17.6 Å². The molecule has 0 fully saturated rings. The van der Waals surface area contributed by atoms with Gasteiger partial charge in [-0.05, 0) is 58.5 Å². The SMILES string of the molecule is COc1cc(/C=N\NC(=O)c2cccc(C(F)(F)F)c2)cc(I)c1O. The number of hydrazone groups is 1. The first-order chi connectivity index (χ1) is 11.7. The van der Waals surface area contributed by atoms with E-state index in [9.17, 15) is 23.1 Å². The highest BCUT2D eigenvalue weighted by Gasteiger charge is 2.30. The molecular weight excluding hydrogens is 452 g/mol. The topological polar surface area (TPSA) is 70.9 Å². The van der Waals surface area contributed by atoms with E-state index in [1.807, 2.05) is 22.6 Å². The molecule has 0 aromatic heterocycles. The Kier molecular flexibility index (Phi) is 5.88. The second kappa shape index (κ2) is 7.72. The number of rotatable bonds is 4. The van der Waals surface area contributed by atoms with E-state index in [-0.39, 0.29) is 17.1 Å². The maximum atomic E-state index is 12.7. The first kappa shape index (κ1) is 19.0. The number of nitrogens with one attached hydrogen (secondary N) is 1. The number of alkyl halides is 3.